The maximum Gasteiger partial charge on any atom is 0.298 e. The molecule has 6 heteroatoms. The zero-order chi connectivity index (χ0) is 17.8. The van der Waals surface area contributed by atoms with Crippen LogP contribution in [0.1, 0.15) is 18.4 Å². The molecule has 5 nitrogen and oxygen atoms in total. The van der Waals surface area contributed by atoms with E-state index in [0.29, 0.717) is 18.5 Å². The van der Waals surface area contributed by atoms with Crippen LogP contribution in [0.3, 0.4) is 0 Å². The average Bonchev–Trinajstić information content (AvgIpc) is 3.34. The Balaban J connectivity index is 1.25. The van der Waals surface area contributed by atoms with Crippen molar-refractivity contribution in [3.63, 3.8) is 0 Å². The molecule has 1 fully saturated rings. The second kappa shape index (κ2) is 7.74. The van der Waals surface area contributed by atoms with Crippen molar-refractivity contribution in [2.45, 2.75) is 12.8 Å². The van der Waals surface area contributed by atoms with Crippen LogP contribution in [-0.4, -0.2) is 30.5 Å². The molecule has 1 amide bonds. The number of piperidine rings is 1. The first-order valence-corrected chi connectivity index (χ1v) is 9.81. The van der Waals surface area contributed by atoms with E-state index in [0.717, 1.165) is 42.6 Å². The molecule has 0 atom stereocenters. The number of oxazole rings is 1. The largest absolute Gasteiger partial charge is 0.423 e. The van der Waals surface area contributed by atoms with E-state index in [1.165, 1.54) is 0 Å². The molecule has 1 aliphatic rings. The lowest BCUT2D eigenvalue weighted by Crippen LogP contribution is -2.38. The van der Waals surface area contributed by atoms with Crippen molar-refractivity contribution in [1.82, 2.24) is 10.3 Å². The molecule has 26 heavy (non-hydrogen) atoms. The van der Waals surface area contributed by atoms with Crippen molar-refractivity contribution in [2.24, 2.45) is 5.92 Å². The minimum Gasteiger partial charge on any atom is -0.423 e. The van der Waals surface area contributed by atoms with E-state index >= 15 is 0 Å². The van der Waals surface area contributed by atoms with Crippen molar-refractivity contribution < 1.29 is 9.21 Å². The number of nitrogens with one attached hydrogen (secondary N) is 1. The maximum absolute atomic E-state index is 11.9. The first kappa shape index (κ1) is 16.8. The molecule has 2 aromatic heterocycles. The van der Waals surface area contributed by atoms with Gasteiger partial charge in [-0.2, -0.15) is 16.3 Å². The number of hydrogen-bond acceptors (Lipinski definition) is 5. The molecule has 1 aliphatic heterocycles. The summed E-state index contributed by atoms with van der Waals surface area (Å²) in [6.45, 7) is 2.52. The molecule has 3 aromatic rings. The number of fused-ring (bicyclic) bond motifs is 1. The maximum atomic E-state index is 11.9. The smallest absolute Gasteiger partial charge is 0.298 e. The Morgan fingerprint density at radius 2 is 2.15 bits per heavy atom. The Kier molecular flexibility index (Phi) is 5.02. The third-order valence-electron chi connectivity index (χ3n) is 4.70. The lowest BCUT2D eigenvalue weighted by molar-refractivity contribution is -0.116. The highest BCUT2D eigenvalue weighted by Crippen LogP contribution is 2.26. The summed E-state index contributed by atoms with van der Waals surface area (Å²) in [5, 5.41) is 7.03. The Morgan fingerprint density at radius 1 is 1.31 bits per heavy atom. The second-order valence-corrected chi connectivity index (χ2v) is 7.31. The summed E-state index contributed by atoms with van der Waals surface area (Å²) in [7, 11) is 0. The van der Waals surface area contributed by atoms with E-state index in [1.54, 1.807) is 17.4 Å². The lowest BCUT2D eigenvalue weighted by atomic mass is 9.97. The Labute approximate surface area is 156 Å². The minimum absolute atomic E-state index is 0.0300. The first-order valence-electron chi connectivity index (χ1n) is 8.86. The highest BCUT2D eigenvalue weighted by Gasteiger charge is 2.22. The molecule has 0 aliphatic carbocycles. The fourth-order valence-electron chi connectivity index (χ4n) is 3.17. The number of carbonyl (C=O) groups excluding carboxylic acids is 1. The first-order chi connectivity index (χ1) is 12.8. The molecule has 0 bridgehead atoms. The van der Waals surface area contributed by atoms with E-state index in [2.05, 4.69) is 15.2 Å². The summed E-state index contributed by atoms with van der Waals surface area (Å²) >= 11 is 1.63. The molecular weight excluding hydrogens is 346 g/mol. The Hall–Kier alpha value is -2.60. The van der Waals surface area contributed by atoms with Crippen molar-refractivity contribution in [1.29, 1.82) is 0 Å². The fourth-order valence-corrected chi connectivity index (χ4v) is 3.80. The van der Waals surface area contributed by atoms with Crippen LogP contribution in [0.25, 0.3) is 17.2 Å². The number of nitrogens with zero attached hydrogens (tertiary/aromatic N) is 2. The number of aromatic nitrogens is 1. The highest BCUT2D eigenvalue weighted by molar-refractivity contribution is 7.08. The van der Waals surface area contributed by atoms with Crippen molar-refractivity contribution >= 4 is 40.4 Å². The van der Waals surface area contributed by atoms with Crippen molar-refractivity contribution in [3.05, 3.63) is 52.7 Å². The number of thiophene rings is 1. The number of carbonyl (C=O) groups is 1. The fraction of sp³-hybridized carbons (Fsp3) is 0.300. The minimum atomic E-state index is -0.0300. The highest BCUT2D eigenvalue weighted by atomic mass is 32.1. The van der Waals surface area contributed by atoms with Gasteiger partial charge in [-0.3, -0.25) is 4.79 Å². The van der Waals surface area contributed by atoms with Crippen LogP contribution in [0.15, 0.2) is 51.6 Å². The van der Waals surface area contributed by atoms with Crippen LogP contribution in [0, 0.1) is 5.92 Å². The van der Waals surface area contributed by atoms with Crippen LogP contribution in [0.5, 0.6) is 0 Å². The Morgan fingerprint density at radius 3 is 2.92 bits per heavy atom. The predicted octanol–water partition coefficient (Wildman–Crippen LogP) is 3.94. The average molecular weight is 367 g/mol. The third-order valence-corrected chi connectivity index (χ3v) is 5.40. The normalized spacial score (nSPS) is 15.8. The number of rotatable bonds is 5. The van der Waals surface area contributed by atoms with E-state index in [-0.39, 0.29) is 5.91 Å². The molecule has 4 rings (SSSR count). The molecule has 1 saturated heterocycles. The summed E-state index contributed by atoms with van der Waals surface area (Å²) in [5.41, 5.74) is 2.79. The van der Waals surface area contributed by atoms with E-state index < -0.39 is 0 Å². The van der Waals surface area contributed by atoms with Gasteiger partial charge in [-0.05, 0) is 59.4 Å². The van der Waals surface area contributed by atoms with Crippen LogP contribution < -0.4 is 10.2 Å². The van der Waals surface area contributed by atoms with Gasteiger partial charge in [-0.25, -0.2) is 0 Å². The summed E-state index contributed by atoms with van der Waals surface area (Å²) in [5.74, 6) is 0.465. The van der Waals surface area contributed by atoms with Crippen LogP contribution in [-0.2, 0) is 4.79 Å². The number of amides is 1. The number of anilines is 1. The van der Waals surface area contributed by atoms with Gasteiger partial charge in [-0.1, -0.05) is 12.1 Å². The SMILES string of the molecule is O=C(C=Cc1ccsc1)NCC1CCN(c2nc3ccccc3o2)CC1. The molecule has 134 valence electrons. The van der Waals surface area contributed by atoms with Crippen LogP contribution >= 0.6 is 11.3 Å². The molecule has 3 heterocycles. The van der Waals surface area contributed by atoms with Crippen LogP contribution in [0.4, 0.5) is 6.01 Å². The van der Waals surface area contributed by atoms with Gasteiger partial charge in [0.15, 0.2) is 5.58 Å². The number of hydrogen-bond donors (Lipinski definition) is 1. The van der Waals surface area contributed by atoms with E-state index in [1.807, 2.05) is 47.2 Å². The van der Waals surface area contributed by atoms with Gasteiger partial charge in [0.05, 0.1) is 0 Å². The van der Waals surface area contributed by atoms with E-state index in [9.17, 15) is 4.79 Å². The zero-order valence-corrected chi connectivity index (χ0v) is 15.2. The molecule has 0 unspecified atom stereocenters. The standard InChI is InChI=1S/C20H21N3O2S/c24-19(6-5-16-9-12-26-14-16)21-13-15-7-10-23(11-8-15)20-22-17-3-1-2-4-18(17)25-20/h1-6,9,12,14-15H,7-8,10-11,13H2,(H,21,24). The van der Waals surface area contributed by atoms with Gasteiger partial charge in [-0.15, -0.1) is 0 Å². The third kappa shape index (κ3) is 3.96. The molecule has 1 aromatic carbocycles. The van der Waals surface area contributed by atoms with Crippen molar-refractivity contribution in [2.75, 3.05) is 24.5 Å². The van der Waals surface area contributed by atoms with E-state index in [4.69, 9.17) is 4.42 Å². The Bertz CT molecular complexity index is 860. The summed E-state index contributed by atoms with van der Waals surface area (Å²) in [6, 6.07) is 10.5. The van der Waals surface area contributed by atoms with Gasteiger partial charge in [0, 0.05) is 25.7 Å². The number of benzene rings is 1. The molecule has 0 spiro atoms. The quantitative estimate of drug-likeness (QED) is 0.694. The lowest BCUT2D eigenvalue weighted by Gasteiger charge is -2.30. The molecular formula is C20H21N3O2S. The summed E-state index contributed by atoms with van der Waals surface area (Å²) in [6.07, 6.45) is 5.50. The molecule has 0 saturated carbocycles. The molecule has 1 N–H and O–H groups in total. The van der Waals surface area contributed by atoms with Gasteiger partial charge < -0.3 is 14.6 Å². The van der Waals surface area contributed by atoms with Gasteiger partial charge in [0.1, 0.15) is 5.52 Å². The van der Waals surface area contributed by atoms with Gasteiger partial charge in [0.25, 0.3) is 6.01 Å². The topological polar surface area (TPSA) is 58.4 Å². The predicted molar refractivity (Wildman–Crippen MR) is 105 cm³/mol. The zero-order valence-electron chi connectivity index (χ0n) is 14.4. The number of para-hydroxylation sites is 2. The van der Waals surface area contributed by atoms with Gasteiger partial charge in [0.2, 0.25) is 5.91 Å². The monoisotopic (exact) mass is 367 g/mol. The van der Waals surface area contributed by atoms with Crippen LogP contribution in [0.2, 0.25) is 0 Å². The summed E-state index contributed by atoms with van der Waals surface area (Å²) < 4.78 is 5.85. The summed E-state index contributed by atoms with van der Waals surface area (Å²) in [4.78, 5) is 18.7. The molecule has 0 radical (unpaired) electrons. The van der Waals surface area contributed by atoms with Crippen molar-refractivity contribution in [3.8, 4) is 0 Å². The van der Waals surface area contributed by atoms with Gasteiger partial charge >= 0.3 is 0 Å². The second-order valence-electron chi connectivity index (χ2n) is 6.53.